The van der Waals surface area contributed by atoms with Crippen molar-refractivity contribution < 1.29 is 17.7 Å². The average Bonchev–Trinajstić information content (AvgIpc) is 3.56. The van der Waals surface area contributed by atoms with E-state index in [1.807, 2.05) is 30.3 Å². The van der Waals surface area contributed by atoms with E-state index in [0.29, 0.717) is 41.6 Å². The number of hydrogen-bond acceptors (Lipinski definition) is 7. The van der Waals surface area contributed by atoms with Crippen molar-refractivity contribution in [3.8, 4) is 23.1 Å². The van der Waals surface area contributed by atoms with Crippen molar-refractivity contribution in [3.63, 3.8) is 0 Å². The van der Waals surface area contributed by atoms with Gasteiger partial charge < -0.3 is 13.8 Å². The van der Waals surface area contributed by atoms with Gasteiger partial charge in [-0.15, -0.1) is 0 Å². The van der Waals surface area contributed by atoms with Crippen molar-refractivity contribution >= 4 is 26.6 Å². The molecule has 0 saturated heterocycles. The van der Waals surface area contributed by atoms with Gasteiger partial charge in [-0.25, -0.2) is 8.42 Å². The first kappa shape index (κ1) is 22.6. The summed E-state index contributed by atoms with van der Waals surface area (Å²) in [7, 11) is -3.33. The van der Waals surface area contributed by atoms with Crippen LogP contribution in [0.15, 0.2) is 47.0 Å². The molecule has 0 bridgehead atoms. The highest BCUT2D eigenvalue weighted by Gasteiger charge is 2.35. The summed E-state index contributed by atoms with van der Waals surface area (Å²) in [6.07, 6.45) is 4.63. The van der Waals surface area contributed by atoms with Crippen LogP contribution >= 0.6 is 0 Å². The van der Waals surface area contributed by atoms with Crippen molar-refractivity contribution in [2.75, 3.05) is 4.72 Å². The van der Waals surface area contributed by atoms with Gasteiger partial charge in [0.15, 0.2) is 6.61 Å². The number of benzene rings is 2. The predicted octanol–water partition coefficient (Wildman–Crippen LogP) is 5.08. The van der Waals surface area contributed by atoms with Gasteiger partial charge in [0.25, 0.3) is 0 Å². The third-order valence-electron chi connectivity index (χ3n) is 6.85. The zero-order chi connectivity index (χ0) is 24.9. The van der Waals surface area contributed by atoms with Gasteiger partial charge >= 0.3 is 0 Å². The number of ether oxygens (including phenoxy) is 1. The molecule has 2 aliphatic carbocycles. The molecule has 36 heavy (non-hydrogen) atoms. The molecule has 0 radical (unpaired) electrons. The van der Waals surface area contributed by atoms with E-state index in [0.717, 1.165) is 41.4 Å². The number of fused-ring (bicyclic) bond motifs is 1. The second kappa shape index (κ2) is 8.68. The van der Waals surface area contributed by atoms with E-state index < -0.39 is 10.0 Å². The number of sulfonamides is 1. The summed E-state index contributed by atoms with van der Waals surface area (Å²) in [5, 5.41) is 14.6. The first-order chi connectivity index (χ1) is 17.4. The summed E-state index contributed by atoms with van der Waals surface area (Å²) in [5.74, 6) is 1.61. The van der Waals surface area contributed by atoms with Gasteiger partial charge in [0, 0.05) is 30.1 Å². The quantitative estimate of drug-likeness (QED) is 0.356. The predicted molar refractivity (Wildman–Crippen MR) is 134 cm³/mol. The monoisotopic (exact) mass is 503 g/mol. The van der Waals surface area contributed by atoms with Gasteiger partial charge in [-0.1, -0.05) is 17.3 Å². The summed E-state index contributed by atoms with van der Waals surface area (Å²) in [5.41, 5.74) is 3.78. The van der Waals surface area contributed by atoms with E-state index in [1.54, 1.807) is 19.1 Å². The fourth-order valence-electron chi connectivity index (χ4n) is 4.67. The Balaban J connectivity index is 1.38. The van der Waals surface area contributed by atoms with Crippen LogP contribution in [0.3, 0.4) is 0 Å². The Morgan fingerprint density at radius 1 is 1.17 bits per heavy atom. The maximum absolute atomic E-state index is 12.3. The highest BCUT2D eigenvalue weighted by molar-refractivity contribution is 7.93. The van der Waals surface area contributed by atoms with Crippen LogP contribution in [0.25, 0.3) is 22.2 Å². The summed E-state index contributed by atoms with van der Waals surface area (Å²) in [4.78, 5) is 4.18. The molecule has 2 aromatic carbocycles. The van der Waals surface area contributed by atoms with Gasteiger partial charge in [-0.3, -0.25) is 4.72 Å². The van der Waals surface area contributed by atoms with Crippen molar-refractivity contribution in [2.45, 2.75) is 56.9 Å². The van der Waals surface area contributed by atoms with Gasteiger partial charge in [0.2, 0.25) is 21.7 Å². The van der Waals surface area contributed by atoms with Crippen molar-refractivity contribution in [3.05, 3.63) is 59.7 Å². The molecule has 0 atom stereocenters. The van der Waals surface area contributed by atoms with Crippen molar-refractivity contribution in [1.29, 1.82) is 5.26 Å². The number of nitriles is 1. The molecule has 2 saturated carbocycles. The van der Waals surface area contributed by atoms with Crippen LogP contribution in [0.2, 0.25) is 0 Å². The molecule has 6 rings (SSSR count). The number of anilines is 1. The van der Waals surface area contributed by atoms with Crippen LogP contribution in [0.5, 0.6) is 5.75 Å². The molecule has 0 spiro atoms. The van der Waals surface area contributed by atoms with Crippen LogP contribution < -0.4 is 9.46 Å². The molecule has 184 valence electrons. The maximum atomic E-state index is 12.3. The fourth-order valence-corrected chi connectivity index (χ4v) is 6.06. The van der Waals surface area contributed by atoms with Crippen LogP contribution in [-0.2, 0) is 16.6 Å². The van der Waals surface area contributed by atoms with Gasteiger partial charge in [0.1, 0.15) is 11.8 Å². The third kappa shape index (κ3) is 4.09. The first-order valence-electron chi connectivity index (χ1n) is 12.0. The van der Waals surface area contributed by atoms with Crippen LogP contribution in [0, 0.1) is 18.3 Å². The summed E-state index contributed by atoms with van der Waals surface area (Å²) in [6.45, 7) is 1.91. The van der Waals surface area contributed by atoms with Crippen molar-refractivity contribution in [1.82, 2.24) is 14.7 Å². The van der Waals surface area contributed by atoms with E-state index in [2.05, 4.69) is 25.5 Å². The van der Waals surface area contributed by atoms with Gasteiger partial charge in [0.05, 0.1) is 22.0 Å². The Bertz CT molecular complexity index is 1590. The number of rotatable bonds is 8. The second-order valence-electron chi connectivity index (χ2n) is 9.41. The molecule has 2 aliphatic rings. The highest BCUT2D eigenvalue weighted by atomic mass is 32.2. The standard InChI is InChI=1S/C26H25N5O4S/c1-16-28-25(29-35-16)15-34-20-9-12-22-23(14-27)26(31(24(22)13-20)19-3-2-4-19)17-5-7-18(8-6-17)30-36(32,33)21-10-11-21/h5-9,12-13,19,21,30H,2-4,10-11,15H2,1H3. The number of aromatic nitrogens is 3. The lowest BCUT2D eigenvalue weighted by Crippen LogP contribution is -2.18. The second-order valence-corrected chi connectivity index (χ2v) is 11.4. The largest absolute Gasteiger partial charge is 0.485 e. The Labute approximate surface area is 208 Å². The zero-order valence-electron chi connectivity index (χ0n) is 19.8. The maximum Gasteiger partial charge on any atom is 0.235 e. The number of nitrogens with zero attached hydrogens (tertiary/aromatic N) is 4. The van der Waals surface area contributed by atoms with E-state index >= 15 is 0 Å². The summed E-state index contributed by atoms with van der Waals surface area (Å²) in [6, 6.07) is 15.7. The summed E-state index contributed by atoms with van der Waals surface area (Å²) >= 11 is 0. The minimum Gasteiger partial charge on any atom is -0.485 e. The molecule has 2 aromatic heterocycles. The normalized spacial score (nSPS) is 16.0. The van der Waals surface area contributed by atoms with E-state index in [1.165, 1.54) is 0 Å². The van der Waals surface area contributed by atoms with Gasteiger partial charge in [-0.05, 0) is 61.9 Å². The Kier molecular flexibility index (Phi) is 5.45. The van der Waals surface area contributed by atoms with E-state index in [9.17, 15) is 13.7 Å². The minimum absolute atomic E-state index is 0.184. The molecule has 0 aliphatic heterocycles. The molecule has 0 unspecified atom stereocenters. The molecule has 9 nitrogen and oxygen atoms in total. The Hall–Kier alpha value is -3.84. The number of hydrogen-bond donors (Lipinski definition) is 1. The van der Waals surface area contributed by atoms with Crippen molar-refractivity contribution in [2.24, 2.45) is 0 Å². The van der Waals surface area contributed by atoms with Crippen LogP contribution in [-0.4, -0.2) is 28.4 Å². The fraction of sp³-hybridized carbons (Fsp3) is 0.346. The molecule has 10 heteroatoms. The average molecular weight is 504 g/mol. The summed E-state index contributed by atoms with van der Waals surface area (Å²) < 4.78 is 40.5. The lowest BCUT2D eigenvalue weighted by Gasteiger charge is -2.30. The highest BCUT2D eigenvalue weighted by Crippen LogP contribution is 2.43. The minimum atomic E-state index is -3.33. The number of nitrogens with one attached hydrogen (secondary N) is 1. The van der Waals surface area contributed by atoms with E-state index in [-0.39, 0.29) is 17.9 Å². The molecule has 4 aromatic rings. The molecule has 0 amide bonds. The topological polar surface area (TPSA) is 123 Å². The molecule has 2 heterocycles. The molecular weight excluding hydrogens is 478 g/mol. The van der Waals surface area contributed by atoms with Crippen LogP contribution in [0.1, 0.15) is 55.4 Å². The number of aryl methyl sites for hydroxylation is 1. The molecule has 1 N–H and O–H groups in total. The van der Waals surface area contributed by atoms with Crippen LogP contribution in [0.4, 0.5) is 5.69 Å². The Morgan fingerprint density at radius 2 is 1.94 bits per heavy atom. The molecular formula is C26H25N5O4S. The lowest BCUT2D eigenvalue weighted by molar-refractivity contribution is 0.285. The smallest absolute Gasteiger partial charge is 0.235 e. The lowest BCUT2D eigenvalue weighted by atomic mass is 9.92. The Morgan fingerprint density at radius 3 is 2.56 bits per heavy atom. The zero-order valence-corrected chi connectivity index (χ0v) is 20.6. The van der Waals surface area contributed by atoms with E-state index in [4.69, 9.17) is 9.26 Å². The molecule has 2 fully saturated rings. The third-order valence-corrected chi connectivity index (χ3v) is 8.72. The first-order valence-corrected chi connectivity index (χ1v) is 13.6. The van der Waals surface area contributed by atoms with Gasteiger partial charge in [-0.2, -0.15) is 10.2 Å². The SMILES string of the molecule is Cc1nc(COc2ccc3c(C#N)c(-c4ccc(NS(=O)(=O)C5CC5)cc4)n(C4CCC4)c3c2)no1.